The SMILES string of the molecule is CCCO[Si](C)(OCCC)c1cc(OC(C)(C)C)cc(OC(C)(C)C)c1. The molecule has 0 radical (unpaired) electrons. The molecule has 1 rings (SSSR count). The van der Waals surface area contributed by atoms with Crippen molar-refractivity contribution >= 4 is 13.7 Å². The standard InChI is InChI=1S/C21H38O4Si/c1-10-12-22-26(9,23-13-11-2)19-15-17(24-20(3,4)5)14-18(16-19)25-21(6,7)8/h14-16H,10-13H2,1-9H3. The highest BCUT2D eigenvalue weighted by atomic mass is 28.4. The van der Waals surface area contributed by atoms with E-state index in [9.17, 15) is 0 Å². The average molecular weight is 383 g/mol. The molecule has 0 bridgehead atoms. The minimum Gasteiger partial charge on any atom is -0.488 e. The zero-order valence-corrected chi connectivity index (χ0v) is 19.2. The van der Waals surface area contributed by atoms with E-state index in [1.807, 2.05) is 47.6 Å². The first-order valence-corrected chi connectivity index (χ1v) is 12.0. The summed E-state index contributed by atoms with van der Waals surface area (Å²) in [5.41, 5.74) is -0.575. The van der Waals surface area contributed by atoms with Gasteiger partial charge in [0, 0.05) is 24.5 Å². The zero-order valence-electron chi connectivity index (χ0n) is 18.2. The second-order valence-electron chi connectivity index (χ2n) is 8.76. The summed E-state index contributed by atoms with van der Waals surface area (Å²) >= 11 is 0. The molecule has 150 valence electrons. The topological polar surface area (TPSA) is 36.9 Å². The molecule has 0 atom stereocenters. The average Bonchev–Trinajstić information content (AvgIpc) is 2.47. The molecule has 26 heavy (non-hydrogen) atoms. The quantitative estimate of drug-likeness (QED) is 0.552. The lowest BCUT2D eigenvalue weighted by molar-refractivity contribution is 0.121. The largest absolute Gasteiger partial charge is 0.488 e. The summed E-state index contributed by atoms with van der Waals surface area (Å²) in [6.45, 7) is 20.0. The van der Waals surface area contributed by atoms with Crippen LogP contribution in [-0.2, 0) is 8.85 Å². The van der Waals surface area contributed by atoms with Crippen molar-refractivity contribution in [1.29, 1.82) is 0 Å². The summed E-state index contributed by atoms with van der Waals surface area (Å²) in [4.78, 5) is 0. The molecule has 0 heterocycles. The van der Waals surface area contributed by atoms with Crippen molar-refractivity contribution in [3.8, 4) is 11.5 Å². The van der Waals surface area contributed by atoms with Gasteiger partial charge in [-0.15, -0.1) is 0 Å². The summed E-state index contributed by atoms with van der Waals surface area (Å²) < 4.78 is 24.8. The van der Waals surface area contributed by atoms with Crippen molar-refractivity contribution in [2.75, 3.05) is 13.2 Å². The van der Waals surface area contributed by atoms with E-state index in [1.165, 1.54) is 0 Å². The van der Waals surface area contributed by atoms with E-state index < -0.39 is 8.56 Å². The van der Waals surface area contributed by atoms with E-state index in [-0.39, 0.29) is 11.2 Å². The molecule has 0 aliphatic carbocycles. The van der Waals surface area contributed by atoms with Gasteiger partial charge in [-0.3, -0.25) is 0 Å². The fourth-order valence-electron chi connectivity index (χ4n) is 2.46. The lowest BCUT2D eigenvalue weighted by Crippen LogP contribution is -2.51. The third kappa shape index (κ3) is 8.10. The summed E-state index contributed by atoms with van der Waals surface area (Å²) in [5, 5.41) is 1.04. The molecule has 0 N–H and O–H groups in total. The van der Waals surface area contributed by atoms with E-state index in [0.717, 1.165) is 29.5 Å². The molecule has 1 aromatic carbocycles. The lowest BCUT2D eigenvalue weighted by Gasteiger charge is -2.30. The Kier molecular flexibility index (Phi) is 8.18. The van der Waals surface area contributed by atoms with Gasteiger partial charge in [-0.05, 0) is 73.1 Å². The first kappa shape index (κ1) is 23.0. The molecule has 0 aliphatic heterocycles. The van der Waals surface area contributed by atoms with E-state index >= 15 is 0 Å². The van der Waals surface area contributed by atoms with Crippen molar-refractivity contribution in [3.05, 3.63) is 18.2 Å². The second-order valence-corrected chi connectivity index (χ2v) is 11.8. The molecule has 0 aromatic heterocycles. The number of benzene rings is 1. The van der Waals surface area contributed by atoms with Crippen LogP contribution in [-0.4, -0.2) is 33.0 Å². The maximum Gasteiger partial charge on any atom is 0.369 e. The minimum atomic E-state index is -2.54. The van der Waals surface area contributed by atoms with Crippen LogP contribution in [0.25, 0.3) is 0 Å². The summed E-state index contributed by atoms with van der Waals surface area (Å²) in [6.07, 6.45) is 1.92. The Labute approximate surface area is 161 Å². The molecule has 0 spiro atoms. The number of hydrogen-bond donors (Lipinski definition) is 0. The van der Waals surface area contributed by atoms with Crippen LogP contribution in [0.5, 0.6) is 11.5 Å². The van der Waals surface area contributed by atoms with Crippen molar-refractivity contribution < 1.29 is 18.3 Å². The molecule has 0 unspecified atom stereocenters. The maximum atomic E-state index is 6.24. The smallest absolute Gasteiger partial charge is 0.369 e. The van der Waals surface area contributed by atoms with Crippen LogP contribution in [0.2, 0.25) is 6.55 Å². The molecule has 5 heteroatoms. The van der Waals surface area contributed by atoms with E-state index in [2.05, 4.69) is 32.5 Å². The molecular weight excluding hydrogens is 344 g/mol. The summed E-state index contributed by atoms with van der Waals surface area (Å²) in [6, 6.07) is 6.06. The number of hydrogen-bond acceptors (Lipinski definition) is 4. The first-order valence-electron chi connectivity index (χ1n) is 9.70. The molecule has 1 aromatic rings. The normalized spacial score (nSPS) is 13.0. The van der Waals surface area contributed by atoms with Crippen LogP contribution < -0.4 is 14.7 Å². The number of rotatable bonds is 9. The third-order valence-corrected chi connectivity index (χ3v) is 6.26. The van der Waals surface area contributed by atoms with Gasteiger partial charge in [0.1, 0.15) is 22.7 Å². The Morgan fingerprint density at radius 1 is 0.731 bits per heavy atom. The van der Waals surface area contributed by atoms with Crippen LogP contribution in [0, 0.1) is 0 Å². The van der Waals surface area contributed by atoms with Crippen LogP contribution in [0.3, 0.4) is 0 Å². The summed E-state index contributed by atoms with van der Waals surface area (Å²) in [5.74, 6) is 1.57. The monoisotopic (exact) mass is 382 g/mol. The van der Waals surface area contributed by atoms with E-state index in [0.29, 0.717) is 13.2 Å². The second kappa shape index (κ2) is 9.24. The Bertz CT molecular complexity index is 516. The molecule has 0 saturated carbocycles. The van der Waals surface area contributed by atoms with Gasteiger partial charge >= 0.3 is 8.56 Å². The highest BCUT2D eigenvalue weighted by molar-refractivity contribution is 6.80. The van der Waals surface area contributed by atoms with Gasteiger partial charge < -0.3 is 18.3 Å². The maximum absolute atomic E-state index is 6.24. The lowest BCUT2D eigenvalue weighted by atomic mass is 10.2. The molecular formula is C21H38O4Si. The first-order chi connectivity index (χ1) is 11.9. The van der Waals surface area contributed by atoms with Gasteiger partial charge in [-0.2, -0.15) is 0 Å². The van der Waals surface area contributed by atoms with Crippen LogP contribution in [0.4, 0.5) is 0 Å². The van der Waals surface area contributed by atoms with Gasteiger partial charge in [0.05, 0.1) is 0 Å². The van der Waals surface area contributed by atoms with Crippen LogP contribution in [0.15, 0.2) is 18.2 Å². The molecule has 0 amide bonds. The van der Waals surface area contributed by atoms with Crippen molar-refractivity contribution in [2.24, 2.45) is 0 Å². The van der Waals surface area contributed by atoms with Crippen molar-refractivity contribution in [2.45, 2.75) is 86.0 Å². The van der Waals surface area contributed by atoms with Gasteiger partial charge in [-0.25, -0.2) is 0 Å². The highest BCUT2D eigenvalue weighted by Gasteiger charge is 2.35. The van der Waals surface area contributed by atoms with Gasteiger partial charge in [0.25, 0.3) is 0 Å². The minimum absolute atomic E-state index is 0.288. The molecule has 0 fully saturated rings. The van der Waals surface area contributed by atoms with Gasteiger partial charge in [0.15, 0.2) is 0 Å². The van der Waals surface area contributed by atoms with Gasteiger partial charge in [0.2, 0.25) is 0 Å². The Morgan fingerprint density at radius 3 is 1.42 bits per heavy atom. The molecule has 0 saturated heterocycles. The molecule has 4 nitrogen and oxygen atoms in total. The zero-order chi connectivity index (χ0) is 20.0. The van der Waals surface area contributed by atoms with Crippen molar-refractivity contribution in [1.82, 2.24) is 0 Å². The predicted octanol–water partition coefficient (Wildman–Crippen LogP) is 5.17. The Morgan fingerprint density at radius 2 is 1.12 bits per heavy atom. The Balaban J connectivity index is 3.34. The fraction of sp³-hybridized carbons (Fsp3) is 0.714. The predicted molar refractivity (Wildman–Crippen MR) is 111 cm³/mol. The van der Waals surface area contributed by atoms with Crippen LogP contribution >= 0.6 is 0 Å². The van der Waals surface area contributed by atoms with Crippen molar-refractivity contribution in [3.63, 3.8) is 0 Å². The highest BCUT2D eigenvalue weighted by Crippen LogP contribution is 2.27. The Hall–Kier alpha value is -1.04. The summed E-state index contributed by atoms with van der Waals surface area (Å²) in [7, 11) is -2.54. The van der Waals surface area contributed by atoms with Crippen LogP contribution in [0.1, 0.15) is 68.2 Å². The number of ether oxygens (including phenoxy) is 2. The fourth-order valence-corrected chi connectivity index (χ4v) is 4.87. The van der Waals surface area contributed by atoms with Gasteiger partial charge in [-0.1, -0.05) is 13.8 Å². The van der Waals surface area contributed by atoms with E-state index in [4.69, 9.17) is 18.3 Å². The third-order valence-electron chi connectivity index (χ3n) is 3.42. The molecule has 0 aliphatic rings. The van der Waals surface area contributed by atoms with E-state index in [1.54, 1.807) is 0 Å².